The van der Waals surface area contributed by atoms with Crippen LogP contribution in [0.15, 0.2) is 35.1 Å². The molecule has 22 heavy (non-hydrogen) atoms. The molecular formula is C18H21NO3. The van der Waals surface area contributed by atoms with Crippen molar-refractivity contribution in [2.24, 2.45) is 0 Å². The third-order valence-corrected chi connectivity index (χ3v) is 3.84. The minimum Gasteiger partial charge on any atom is -0.481 e. The van der Waals surface area contributed by atoms with Crippen LogP contribution in [0.4, 0.5) is 0 Å². The molecule has 4 heteroatoms. The SMILES string of the molecule is CCn1c(-c2ccc(C)cc2C)ccc(CCC(=O)O)c1=O. The van der Waals surface area contributed by atoms with Crippen molar-refractivity contribution in [3.8, 4) is 11.3 Å². The summed E-state index contributed by atoms with van der Waals surface area (Å²) in [6, 6.07) is 9.83. The normalized spacial score (nSPS) is 10.7. The van der Waals surface area contributed by atoms with E-state index in [9.17, 15) is 9.59 Å². The molecule has 0 saturated heterocycles. The number of carboxylic acid groups (broad SMARTS) is 1. The summed E-state index contributed by atoms with van der Waals surface area (Å²) in [7, 11) is 0. The molecule has 116 valence electrons. The highest BCUT2D eigenvalue weighted by molar-refractivity contribution is 5.67. The molecule has 0 unspecified atom stereocenters. The van der Waals surface area contributed by atoms with Gasteiger partial charge in [0.15, 0.2) is 0 Å². The lowest BCUT2D eigenvalue weighted by Crippen LogP contribution is -2.25. The van der Waals surface area contributed by atoms with Gasteiger partial charge in [0.05, 0.1) is 5.69 Å². The zero-order chi connectivity index (χ0) is 16.3. The average molecular weight is 299 g/mol. The van der Waals surface area contributed by atoms with E-state index >= 15 is 0 Å². The van der Waals surface area contributed by atoms with Gasteiger partial charge in [0.25, 0.3) is 5.56 Å². The zero-order valence-electron chi connectivity index (χ0n) is 13.2. The van der Waals surface area contributed by atoms with Crippen LogP contribution < -0.4 is 5.56 Å². The second kappa shape index (κ2) is 6.60. The number of aromatic nitrogens is 1. The Bertz CT molecular complexity index is 759. The summed E-state index contributed by atoms with van der Waals surface area (Å²) in [5.41, 5.74) is 4.68. The van der Waals surface area contributed by atoms with Crippen molar-refractivity contribution in [2.45, 2.75) is 40.2 Å². The number of nitrogens with zero attached hydrogens (tertiary/aromatic N) is 1. The Morgan fingerprint density at radius 3 is 2.50 bits per heavy atom. The van der Waals surface area contributed by atoms with E-state index in [4.69, 9.17) is 5.11 Å². The lowest BCUT2D eigenvalue weighted by atomic mass is 10.0. The fraction of sp³-hybridized carbons (Fsp3) is 0.333. The standard InChI is InChI=1S/C18H21NO3/c1-4-19-16(15-8-5-12(2)11-13(15)3)9-6-14(18(19)22)7-10-17(20)21/h5-6,8-9,11H,4,7,10H2,1-3H3,(H,20,21). The van der Waals surface area contributed by atoms with E-state index in [1.807, 2.05) is 39.0 Å². The number of hydrogen-bond acceptors (Lipinski definition) is 2. The molecule has 0 atom stereocenters. The summed E-state index contributed by atoms with van der Waals surface area (Å²) in [4.78, 5) is 23.2. The number of carboxylic acids is 1. The van der Waals surface area contributed by atoms with Crippen LogP contribution in [-0.4, -0.2) is 15.6 Å². The number of aryl methyl sites for hydroxylation is 3. The highest BCUT2D eigenvalue weighted by Crippen LogP contribution is 2.23. The van der Waals surface area contributed by atoms with Crippen LogP contribution in [0.3, 0.4) is 0 Å². The van der Waals surface area contributed by atoms with E-state index in [0.717, 1.165) is 16.8 Å². The lowest BCUT2D eigenvalue weighted by Gasteiger charge is -2.15. The van der Waals surface area contributed by atoms with Crippen LogP contribution in [0.2, 0.25) is 0 Å². The molecule has 2 aromatic rings. The van der Waals surface area contributed by atoms with E-state index in [-0.39, 0.29) is 18.4 Å². The predicted molar refractivity (Wildman–Crippen MR) is 87.2 cm³/mol. The first-order valence-electron chi connectivity index (χ1n) is 7.46. The molecule has 2 rings (SSSR count). The van der Waals surface area contributed by atoms with Gasteiger partial charge in [0, 0.05) is 24.1 Å². The van der Waals surface area contributed by atoms with Crippen molar-refractivity contribution in [1.29, 1.82) is 0 Å². The second-order valence-corrected chi connectivity index (χ2v) is 5.51. The Balaban J connectivity index is 2.51. The number of aliphatic carboxylic acids is 1. The largest absolute Gasteiger partial charge is 0.481 e. The van der Waals surface area contributed by atoms with Gasteiger partial charge in [0.2, 0.25) is 0 Å². The molecule has 1 aromatic heterocycles. The van der Waals surface area contributed by atoms with Crippen molar-refractivity contribution in [2.75, 3.05) is 0 Å². The number of benzene rings is 1. The molecular weight excluding hydrogens is 278 g/mol. The van der Waals surface area contributed by atoms with E-state index in [1.165, 1.54) is 5.56 Å². The van der Waals surface area contributed by atoms with Crippen LogP contribution in [0.1, 0.15) is 30.0 Å². The van der Waals surface area contributed by atoms with E-state index in [1.54, 1.807) is 10.6 Å². The van der Waals surface area contributed by atoms with Crippen molar-refractivity contribution in [3.63, 3.8) is 0 Å². The second-order valence-electron chi connectivity index (χ2n) is 5.51. The molecule has 4 nitrogen and oxygen atoms in total. The Morgan fingerprint density at radius 2 is 1.91 bits per heavy atom. The molecule has 0 fully saturated rings. The van der Waals surface area contributed by atoms with Crippen molar-refractivity contribution in [3.05, 3.63) is 57.4 Å². The van der Waals surface area contributed by atoms with E-state index in [2.05, 4.69) is 6.07 Å². The minimum absolute atomic E-state index is 0.0259. The Morgan fingerprint density at radius 1 is 1.18 bits per heavy atom. The third kappa shape index (κ3) is 3.27. The van der Waals surface area contributed by atoms with Crippen LogP contribution in [0.5, 0.6) is 0 Å². The maximum atomic E-state index is 12.6. The summed E-state index contributed by atoms with van der Waals surface area (Å²) in [5.74, 6) is -0.888. The van der Waals surface area contributed by atoms with Gasteiger partial charge in [-0.05, 0) is 38.8 Å². The van der Waals surface area contributed by atoms with Crippen molar-refractivity contribution >= 4 is 5.97 Å². The quantitative estimate of drug-likeness (QED) is 0.922. The molecule has 0 aliphatic heterocycles. The first kappa shape index (κ1) is 16.0. The fourth-order valence-corrected chi connectivity index (χ4v) is 2.71. The van der Waals surface area contributed by atoms with Gasteiger partial charge in [-0.3, -0.25) is 9.59 Å². The van der Waals surface area contributed by atoms with Gasteiger partial charge in [-0.1, -0.05) is 29.8 Å². The number of carbonyl (C=O) groups is 1. The third-order valence-electron chi connectivity index (χ3n) is 3.84. The lowest BCUT2D eigenvalue weighted by molar-refractivity contribution is -0.136. The van der Waals surface area contributed by atoms with Crippen LogP contribution in [0.25, 0.3) is 11.3 Å². The Kier molecular flexibility index (Phi) is 4.81. The van der Waals surface area contributed by atoms with E-state index in [0.29, 0.717) is 12.1 Å². The van der Waals surface area contributed by atoms with Gasteiger partial charge < -0.3 is 9.67 Å². The Hall–Kier alpha value is -2.36. The summed E-state index contributed by atoms with van der Waals surface area (Å²) < 4.78 is 1.72. The summed E-state index contributed by atoms with van der Waals surface area (Å²) in [6.45, 7) is 6.56. The molecule has 0 aliphatic rings. The monoisotopic (exact) mass is 299 g/mol. The van der Waals surface area contributed by atoms with Crippen LogP contribution in [-0.2, 0) is 17.8 Å². The number of hydrogen-bond donors (Lipinski definition) is 1. The van der Waals surface area contributed by atoms with Gasteiger partial charge in [-0.25, -0.2) is 0 Å². The molecule has 0 aliphatic carbocycles. The summed E-state index contributed by atoms with van der Waals surface area (Å²) in [5, 5.41) is 8.78. The van der Waals surface area contributed by atoms with Gasteiger partial charge in [-0.15, -0.1) is 0 Å². The molecule has 0 radical (unpaired) electrons. The highest BCUT2D eigenvalue weighted by atomic mass is 16.4. The maximum absolute atomic E-state index is 12.6. The molecule has 0 amide bonds. The molecule has 0 bridgehead atoms. The van der Waals surface area contributed by atoms with Crippen molar-refractivity contribution in [1.82, 2.24) is 4.57 Å². The molecule has 1 heterocycles. The van der Waals surface area contributed by atoms with Gasteiger partial charge in [-0.2, -0.15) is 0 Å². The van der Waals surface area contributed by atoms with Crippen LogP contribution >= 0.6 is 0 Å². The zero-order valence-corrected chi connectivity index (χ0v) is 13.2. The Labute approximate surface area is 130 Å². The predicted octanol–water partition coefficient (Wildman–Crippen LogP) is 3.17. The van der Waals surface area contributed by atoms with Gasteiger partial charge >= 0.3 is 5.97 Å². The molecule has 0 spiro atoms. The average Bonchev–Trinajstić information content (AvgIpc) is 2.46. The maximum Gasteiger partial charge on any atom is 0.303 e. The fourth-order valence-electron chi connectivity index (χ4n) is 2.71. The summed E-state index contributed by atoms with van der Waals surface area (Å²) >= 11 is 0. The number of rotatable bonds is 5. The molecule has 1 N–H and O–H groups in total. The molecule has 1 aromatic carbocycles. The van der Waals surface area contributed by atoms with Crippen molar-refractivity contribution < 1.29 is 9.90 Å². The minimum atomic E-state index is -0.888. The highest BCUT2D eigenvalue weighted by Gasteiger charge is 2.12. The van der Waals surface area contributed by atoms with E-state index < -0.39 is 5.97 Å². The topological polar surface area (TPSA) is 59.3 Å². The van der Waals surface area contributed by atoms with Gasteiger partial charge in [0.1, 0.15) is 0 Å². The number of pyridine rings is 1. The summed E-state index contributed by atoms with van der Waals surface area (Å²) in [6.07, 6.45) is 0.239. The first-order valence-corrected chi connectivity index (χ1v) is 7.46. The van der Waals surface area contributed by atoms with Crippen LogP contribution in [0, 0.1) is 13.8 Å². The first-order chi connectivity index (χ1) is 10.4. The molecule has 0 saturated carbocycles. The smallest absolute Gasteiger partial charge is 0.303 e.